The van der Waals surface area contributed by atoms with Gasteiger partial charge in [0, 0.05) is 10.2 Å². The fourth-order valence-electron chi connectivity index (χ4n) is 1.89. The maximum Gasteiger partial charge on any atom is 0.338 e. The first-order chi connectivity index (χ1) is 10.3. The molecule has 0 saturated heterocycles. The number of anilines is 1. The van der Waals surface area contributed by atoms with Gasteiger partial charge in [-0.05, 0) is 53.0 Å². The molecule has 0 heterocycles. The number of carboxylic acid groups (broad SMARTS) is 2. The van der Waals surface area contributed by atoms with Crippen molar-refractivity contribution in [1.29, 1.82) is 0 Å². The number of rotatable bonds is 2. The number of aromatic carboxylic acids is 2. The van der Waals surface area contributed by atoms with E-state index in [4.69, 9.17) is 15.9 Å². The molecule has 0 amide bonds. The number of carbonyl (C=O) groups is 2. The molecule has 4 N–H and O–H groups in total. The number of aryl methyl sites for hydroxylation is 2. The Labute approximate surface area is 136 Å². The summed E-state index contributed by atoms with van der Waals surface area (Å²) < 4.78 is 0.630. The zero-order valence-electron chi connectivity index (χ0n) is 12.1. The van der Waals surface area contributed by atoms with Crippen LogP contribution in [0.5, 0.6) is 0 Å². The third-order valence-electron chi connectivity index (χ3n) is 2.95. The smallest absolute Gasteiger partial charge is 0.338 e. The van der Waals surface area contributed by atoms with Gasteiger partial charge in [-0.25, -0.2) is 9.59 Å². The summed E-state index contributed by atoms with van der Waals surface area (Å²) in [7, 11) is 0. The zero-order chi connectivity index (χ0) is 16.9. The predicted octanol–water partition coefficient (Wildman–Crippen LogP) is 3.73. The lowest BCUT2D eigenvalue weighted by atomic mass is 10.1. The molecular weight excluding hydrogens is 350 g/mol. The zero-order valence-corrected chi connectivity index (χ0v) is 13.7. The van der Waals surface area contributed by atoms with Crippen molar-refractivity contribution in [3.63, 3.8) is 0 Å². The van der Waals surface area contributed by atoms with Gasteiger partial charge in [-0.2, -0.15) is 0 Å². The van der Waals surface area contributed by atoms with Gasteiger partial charge < -0.3 is 15.9 Å². The van der Waals surface area contributed by atoms with Gasteiger partial charge in [-0.3, -0.25) is 0 Å². The number of hydrogen-bond acceptors (Lipinski definition) is 3. The van der Waals surface area contributed by atoms with E-state index in [-0.39, 0.29) is 5.56 Å². The van der Waals surface area contributed by atoms with Crippen molar-refractivity contribution in [3.8, 4) is 0 Å². The second kappa shape index (κ2) is 7.61. The van der Waals surface area contributed by atoms with Crippen LogP contribution in [0.4, 0.5) is 5.69 Å². The Kier molecular flexibility index (Phi) is 6.12. The highest BCUT2D eigenvalue weighted by Crippen LogP contribution is 2.19. The Morgan fingerprint density at radius 2 is 1.36 bits per heavy atom. The number of halogens is 1. The Morgan fingerprint density at radius 3 is 1.68 bits per heavy atom. The molecule has 0 atom stereocenters. The fourth-order valence-corrected chi connectivity index (χ4v) is 2.52. The van der Waals surface area contributed by atoms with Crippen molar-refractivity contribution in [1.82, 2.24) is 0 Å². The Balaban J connectivity index is 0.000000220. The second-order valence-corrected chi connectivity index (χ2v) is 5.44. The van der Waals surface area contributed by atoms with Crippen LogP contribution in [0.1, 0.15) is 31.8 Å². The van der Waals surface area contributed by atoms with E-state index in [9.17, 15) is 9.59 Å². The first-order valence-electron chi connectivity index (χ1n) is 6.32. The van der Waals surface area contributed by atoms with Gasteiger partial charge in [-0.15, -0.1) is 0 Å². The quantitative estimate of drug-likeness (QED) is 0.703. The van der Waals surface area contributed by atoms with Crippen LogP contribution in [0.2, 0.25) is 0 Å². The molecule has 0 fully saturated rings. The lowest BCUT2D eigenvalue weighted by molar-refractivity contribution is 0.0685. The van der Waals surface area contributed by atoms with E-state index < -0.39 is 11.9 Å². The van der Waals surface area contributed by atoms with Crippen LogP contribution in [0.15, 0.2) is 40.9 Å². The van der Waals surface area contributed by atoms with E-state index in [2.05, 4.69) is 15.9 Å². The molecule has 0 aromatic heterocycles. The van der Waals surface area contributed by atoms with Crippen molar-refractivity contribution >= 4 is 33.6 Å². The van der Waals surface area contributed by atoms with Crippen molar-refractivity contribution in [2.75, 3.05) is 5.73 Å². The minimum atomic E-state index is -0.972. The van der Waals surface area contributed by atoms with Crippen LogP contribution in [-0.2, 0) is 0 Å². The van der Waals surface area contributed by atoms with E-state index in [1.807, 2.05) is 6.07 Å². The largest absolute Gasteiger partial charge is 0.478 e. The van der Waals surface area contributed by atoms with Gasteiger partial charge in [0.1, 0.15) is 0 Å². The molecule has 0 aliphatic heterocycles. The normalized spacial score (nSPS) is 9.59. The minimum Gasteiger partial charge on any atom is -0.478 e. The fraction of sp³-hybridized carbons (Fsp3) is 0.125. The minimum absolute atomic E-state index is 0.201. The summed E-state index contributed by atoms with van der Waals surface area (Å²) >= 11 is 3.17. The van der Waals surface area contributed by atoms with Gasteiger partial charge >= 0.3 is 11.9 Å². The van der Waals surface area contributed by atoms with Crippen molar-refractivity contribution in [3.05, 3.63) is 63.1 Å². The number of carboxylic acids is 2. The number of nitrogens with two attached hydrogens (primary N) is 1. The van der Waals surface area contributed by atoms with Crippen LogP contribution < -0.4 is 5.73 Å². The van der Waals surface area contributed by atoms with Gasteiger partial charge in [0.05, 0.1) is 11.1 Å². The molecule has 2 aromatic carbocycles. The average molecular weight is 366 g/mol. The van der Waals surface area contributed by atoms with Crippen molar-refractivity contribution in [2.45, 2.75) is 13.8 Å². The van der Waals surface area contributed by atoms with Gasteiger partial charge in [0.15, 0.2) is 0 Å². The van der Waals surface area contributed by atoms with Crippen LogP contribution in [0, 0.1) is 13.8 Å². The first kappa shape index (κ1) is 17.7. The molecule has 5 nitrogen and oxygen atoms in total. The molecule has 2 aromatic rings. The Morgan fingerprint density at radius 1 is 0.909 bits per heavy atom. The number of benzene rings is 2. The SMILES string of the molecule is Cc1cccc(Br)c1C(=O)O.Cc1cccc(N)c1C(=O)O. The Bertz CT molecular complexity index is 611. The molecule has 0 unspecified atom stereocenters. The van der Waals surface area contributed by atoms with Crippen LogP contribution >= 0.6 is 15.9 Å². The molecule has 0 aliphatic carbocycles. The maximum absolute atomic E-state index is 10.6. The number of hydrogen-bond donors (Lipinski definition) is 3. The van der Waals surface area contributed by atoms with E-state index in [1.54, 1.807) is 44.2 Å². The summed E-state index contributed by atoms with van der Waals surface area (Å²) in [6.45, 7) is 3.49. The monoisotopic (exact) mass is 365 g/mol. The summed E-state index contributed by atoms with van der Waals surface area (Å²) in [5, 5.41) is 17.4. The van der Waals surface area contributed by atoms with Crippen LogP contribution in [0.3, 0.4) is 0 Å². The molecule has 116 valence electrons. The Hall–Kier alpha value is -2.34. The average Bonchev–Trinajstić information content (AvgIpc) is 2.38. The molecular formula is C16H16BrNO4. The van der Waals surface area contributed by atoms with Gasteiger partial charge in [0.2, 0.25) is 0 Å². The predicted molar refractivity (Wildman–Crippen MR) is 88.4 cm³/mol. The molecule has 0 saturated carbocycles. The molecule has 2 rings (SSSR count). The van der Waals surface area contributed by atoms with E-state index >= 15 is 0 Å². The lowest BCUT2D eigenvalue weighted by Gasteiger charge is -2.02. The summed E-state index contributed by atoms with van der Waals surface area (Å²) in [4.78, 5) is 21.2. The summed E-state index contributed by atoms with van der Waals surface area (Å²) in [6.07, 6.45) is 0. The molecule has 0 aliphatic rings. The van der Waals surface area contributed by atoms with E-state index in [1.165, 1.54) is 0 Å². The third-order valence-corrected chi connectivity index (χ3v) is 3.62. The topological polar surface area (TPSA) is 101 Å². The third kappa shape index (κ3) is 4.33. The van der Waals surface area contributed by atoms with Crippen molar-refractivity contribution < 1.29 is 19.8 Å². The molecule has 6 heteroatoms. The van der Waals surface area contributed by atoms with Gasteiger partial charge in [0.25, 0.3) is 0 Å². The van der Waals surface area contributed by atoms with E-state index in [0.29, 0.717) is 21.3 Å². The highest BCUT2D eigenvalue weighted by Gasteiger charge is 2.10. The highest BCUT2D eigenvalue weighted by atomic mass is 79.9. The lowest BCUT2D eigenvalue weighted by Crippen LogP contribution is -2.04. The molecule has 0 bridgehead atoms. The van der Waals surface area contributed by atoms with E-state index in [0.717, 1.165) is 5.56 Å². The van der Waals surface area contributed by atoms with Crippen LogP contribution in [0.25, 0.3) is 0 Å². The first-order valence-corrected chi connectivity index (χ1v) is 7.11. The maximum atomic E-state index is 10.6. The van der Waals surface area contributed by atoms with Gasteiger partial charge in [-0.1, -0.05) is 24.3 Å². The van der Waals surface area contributed by atoms with Crippen LogP contribution in [-0.4, -0.2) is 22.2 Å². The highest BCUT2D eigenvalue weighted by molar-refractivity contribution is 9.10. The van der Waals surface area contributed by atoms with Crippen molar-refractivity contribution in [2.24, 2.45) is 0 Å². The number of nitrogen functional groups attached to an aromatic ring is 1. The molecule has 0 radical (unpaired) electrons. The second-order valence-electron chi connectivity index (χ2n) is 4.58. The molecule has 22 heavy (non-hydrogen) atoms. The summed E-state index contributed by atoms with van der Waals surface area (Å²) in [6, 6.07) is 10.3. The summed E-state index contributed by atoms with van der Waals surface area (Å²) in [5.74, 6) is -1.87. The summed E-state index contributed by atoms with van der Waals surface area (Å²) in [5.41, 5.74) is 7.76. The standard InChI is InChI=1S/C8H7BrO2.C8H9NO2/c2*1-5-3-2-4-6(9)7(5)8(10)11/h2-4H,1H3,(H,10,11);2-4H,9H2,1H3,(H,10,11). The molecule has 0 spiro atoms.